The average molecular weight is 397 g/mol. The minimum Gasteiger partial charge on any atom is -0.394 e. The summed E-state index contributed by atoms with van der Waals surface area (Å²) in [5, 5.41) is 8.52. The van der Waals surface area contributed by atoms with Gasteiger partial charge in [-0.05, 0) is 5.92 Å². The molecule has 0 aromatic rings. The molecule has 1 atom stereocenters. The van der Waals surface area contributed by atoms with Gasteiger partial charge in [-0.15, -0.1) is 0 Å². The van der Waals surface area contributed by atoms with Crippen molar-refractivity contribution in [3.05, 3.63) is 0 Å². The number of ether oxygens (including phenoxy) is 7. The molecule has 0 aliphatic heterocycles. The fourth-order valence-corrected chi connectivity index (χ4v) is 1.79. The summed E-state index contributed by atoms with van der Waals surface area (Å²) in [6.45, 7) is 12.1. The zero-order valence-electron chi connectivity index (χ0n) is 17.2. The first-order valence-electron chi connectivity index (χ1n) is 9.96. The zero-order chi connectivity index (χ0) is 19.8. The maximum atomic E-state index is 8.52. The summed E-state index contributed by atoms with van der Waals surface area (Å²) in [7, 11) is 0. The van der Waals surface area contributed by atoms with E-state index in [1.54, 1.807) is 0 Å². The van der Waals surface area contributed by atoms with E-state index in [9.17, 15) is 0 Å². The summed E-state index contributed by atoms with van der Waals surface area (Å²) < 4.78 is 37.5. The molecule has 164 valence electrons. The molecule has 0 spiro atoms. The second-order valence-corrected chi connectivity index (χ2v) is 5.99. The molecule has 0 bridgehead atoms. The maximum absolute atomic E-state index is 8.52. The summed E-state index contributed by atoms with van der Waals surface area (Å²) >= 11 is 0. The molecule has 0 aromatic carbocycles. The van der Waals surface area contributed by atoms with Crippen molar-refractivity contribution in [2.75, 3.05) is 99.1 Å². The number of hydrogen-bond donors (Lipinski definition) is 1. The molecule has 1 unspecified atom stereocenters. The predicted octanol–water partition coefficient (Wildman–Crippen LogP) is 1.14. The van der Waals surface area contributed by atoms with Crippen molar-refractivity contribution in [1.82, 2.24) is 0 Å². The molecule has 0 aliphatic carbocycles. The Morgan fingerprint density at radius 1 is 0.519 bits per heavy atom. The van der Waals surface area contributed by atoms with Crippen LogP contribution in [0.15, 0.2) is 0 Å². The lowest BCUT2D eigenvalue weighted by Gasteiger charge is -2.10. The molecule has 0 fully saturated rings. The van der Waals surface area contributed by atoms with Gasteiger partial charge in [0.2, 0.25) is 0 Å². The minimum absolute atomic E-state index is 0.0377. The number of aliphatic hydroxyl groups excluding tert-OH is 1. The van der Waals surface area contributed by atoms with Gasteiger partial charge >= 0.3 is 0 Å². The van der Waals surface area contributed by atoms with E-state index in [4.69, 9.17) is 38.3 Å². The van der Waals surface area contributed by atoms with Gasteiger partial charge in [0.1, 0.15) is 0 Å². The van der Waals surface area contributed by atoms with E-state index in [0.717, 1.165) is 13.0 Å². The lowest BCUT2D eigenvalue weighted by molar-refractivity contribution is -0.0223. The first kappa shape index (κ1) is 26.7. The molecular formula is C19H40O8. The van der Waals surface area contributed by atoms with Crippen LogP contribution in [0.2, 0.25) is 0 Å². The summed E-state index contributed by atoms with van der Waals surface area (Å²) in [5.74, 6) is 0.606. The van der Waals surface area contributed by atoms with E-state index < -0.39 is 0 Å². The topological polar surface area (TPSA) is 84.8 Å². The van der Waals surface area contributed by atoms with Gasteiger partial charge in [0.15, 0.2) is 0 Å². The highest BCUT2D eigenvalue weighted by Gasteiger charge is 1.98. The Balaban J connectivity index is 2.99. The first-order chi connectivity index (χ1) is 13.3. The molecule has 0 saturated heterocycles. The second kappa shape index (κ2) is 23.7. The molecule has 27 heavy (non-hydrogen) atoms. The average Bonchev–Trinajstić information content (AvgIpc) is 2.68. The summed E-state index contributed by atoms with van der Waals surface area (Å²) in [5.41, 5.74) is 0. The zero-order valence-corrected chi connectivity index (χ0v) is 17.2. The van der Waals surface area contributed by atoms with Crippen molar-refractivity contribution in [2.45, 2.75) is 20.3 Å². The quantitative estimate of drug-likeness (QED) is 0.257. The van der Waals surface area contributed by atoms with Crippen LogP contribution in [-0.4, -0.2) is 104 Å². The molecule has 1 N–H and O–H groups in total. The van der Waals surface area contributed by atoms with Crippen LogP contribution in [-0.2, 0) is 33.2 Å². The van der Waals surface area contributed by atoms with Gasteiger partial charge < -0.3 is 38.3 Å². The van der Waals surface area contributed by atoms with Gasteiger partial charge in [0.05, 0.1) is 92.5 Å². The first-order valence-corrected chi connectivity index (χ1v) is 9.96. The Morgan fingerprint density at radius 3 is 1.11 bits per heavy atom. The predicted molar refractivity (Wildman–Crippen MR) is 102 cm³/mol. The molecule has 0 saturated carbocycles. The fourth-order valence-electron chi connectivity index (χ4n) is 1.79. The van der Waals surface area contributed by atoms with Gasteiger partial charge in [-0.2, -0.15) is 0 Å². The largest absolute Gasteiger partial charge is 0.394 e. The summed E-state index contributed by atoms with van der Waals surface area (Å²) in [6.07, 6.45) is 1.14. The lowest BCUT2D eigenvalue weighted by atomic mass is 10.1. The lowest BCUT2D eigenvalue weighted by Crippen LogP contribution is -2.15. The molecule has 0 rings (SSSR count). The van der Waals surface area contributed by atoms with Crippen molar-refractivity contribution in [1.29, 1.82) is 0 Å². The molecule has 0 aromatic heterocycles. The Bertz CT molecular complexity index is 268. The molecule has 8 nitrogen and oxygen atoms in total. The van der Waals surface area contributed by atoms with Gasteiger partial charge in [-0.3, -0.25) is 0 Å². The molecule has 8 heteroatoms. The number of rotatable bonds is 23. The standard InChI is InChI=1S/C19H40O8/c1-3-19(2)18-27-17-16-26-15-14-25-13-12-24-11-10-23-9-8-22-7-6-21-5-4-20/h19-20H,3-18H2,1-2H3. The fraction of sp³-hybridized carbons (Fsp3) is 1.00. The minimum atomic E-state index is 0.0377. The molecule has 0 aliphatic rings. The van der Waals surface area contributed by atoms with E-state index in [1.807, 2.05) is 0 Å². The Hall–Kier alpha value is -0.320. The highest BCUT2D eigenvalue weighted by Crippen LogP contribution is 1.99. The second-order valence-electron chi connectivity index (χ2n) is 5.99. The van der Waals surface area contributed by atoms with Gasteiger partial charge in [0.25, 0.3) is 0 Å². The van der Waals surface area contributed by atoms with Gasteiger partial charge in [-0.25, -0.2) is 0 Å². The SMILES string of the molecule is CCC(C)COCCOCCOCCOCCOCCOCCOCCO. The van der Waals surface area contributed by atoms with Gasteiger partial charge in [0, 0.05) is 6.61 Å². The highest BCUT2D eigenvalue weighted by molar-refractivity contribution is 4.45. The third kappa shape index (κ3) is 23.6. The smallest absolute Gasteiger partial charge is 0.0701 e. The van der Waals surface area contributed by atoms with Crippen molar-refractivity contribution in [3.8, 4) is 0 Å². The third-order valence-corrected chi connectivity index (χ3v) is 3.57. The van der Waals surface area contributed by atoms with E-state index in [1.165, 1.54) is 0 Å². The van der Waals surface area contributed by atoms with Crippen LogP contribution in [0, 0.1) is 5.92 Å². The van der Waals surface area contributed by atoms with Crippen LogP contribution in [0.1, 0.15) is 20.3 Å². The Kier molecular flexibility index (Phi) is 23.4. The molecule has 0 amide bonds. The van der Waals surface area contributed by atoms with Crippen molar-refractivity contribution >= 4 is 0 Å². The van der Waals surface area contributed by atoms with Crippen LogP contribution < -0.4 is 0 Å². The maximum Gasteiger partial charge on any atom is 0.0701 e. The van der Waals surface area contributed by atoms with Crippen molar-refractivity contribution in [3.63, 3.8) is 0 Å². The Morgan fingerprint density at radius 2 is 0.815 bits per heavy atom. The molecule has 0 heterocycles. The normalized spacial score (nSPS) is 12.6. The van der Waals surface area contributed by atoms with E-state index in [0.29, 0.717) is 91.8 Å². The van der Waals surface area contributed by atoms with Gasteiger partial charge in [-0.1, -0.05) is 20.3 Å². The third-order valence-electron chi connectivity index (χ3n) is 3.57. The van der Waals surface area contributed by atoms with E-state index in [2.05, 4.69) is 13.8 Å². The summed E-state index contributed by atoms with van der Waals surface area (Å²) in [4.78, 5) is 0. The Labute approximate surface area is 164 Å². The summed E-state index contributed by atoms with van der Waals surface area (Å²) in [6, 6.07) is 0. The molecular weight excluding hydrogens is 356 g/mol. The number of hydrogen-bond acceptors (Lipinski definition) is 8. The van der Waals surface area contributed by atoms with Crippen LogP contribution in [0.4, 0.5) is 0 Å². The van der Waals surface area contributed by atoms with E-state index >= 15 is 0 Å². The number of aliphatic hydroxyl groups is 1. The van der Waals surface area contributed by atoms with Crippen molar-refractivity contribution in [2.24, 2.45) is 5.92 Å². The van der Waals surface area contributed by atoms with Crippen LogP contribution in [0.3, 0.4) is 0 Å². The van der Waals surface area contributed by atoms with Crippen LogP contribution in [0.5, 0.6) is 0 Å². The van der Waals surface area contributed by atoms with Crippen molar-refractivity contribution < 1.29 is 38.3 Å². The highest BCUT2D eigenvalue weighted by atomic mass is 16.6. The van der Waals surface area contributed by atoms with E-state index in [-0.39, 0.29) is 6.61 Å². The van der Waals surface area contributed by atoms with Crippen LogP contribution in [0.25, 0.3) is 0 Å². The van der Waals surface area contributed by atoms with Crippen LogP contribution >= 0.6 is 0 Å². The molecule has 0 radical (unpaired) electrons. The monoisotopic (exact) mass is 396 g/mol.